The van der Waals surface area contributed by atoms with Gasteiger partial charge in [0.25, 0.3) is 17.3 Å². The van der Waals surface area contributed by atoms with E-state index in [-0.39, 0.29) is 23.0 Å². The number of nitro benzene ring substituents is 2. The first kappa shape index (κ1) is 20.6. The number of para-hydroxylation sites is 1. The number of benzene rings is 2. The molecule has 11 heteroatoms. The lowest BCUT2D eigenvalue weighted by Gasteiger charge is -2.09. The molecule has 2 aromatic carbocycles. The molecular weight excluding hydrogens is 394 g/mol. The Balaban J connectivity index is 2.03. The van der Waals surface area contributed by atoms with Crippen LogP contribution in [0.2, 0.25) is 0 Å². The van der Waals surface area contributed by atoms with Gasteiger partial charge < -0.3 is 9.67 Å². The smallest absolute Gasteiger partial charge is 0.295 e. The fraction of sp³-hybridized carbons (Fsp3) is 0.211. The molecule has 1 N–H and O–H groups in total. The molecule has 0 aliphatic carbocycles. The summed E-state index contributed by atoms with van der Waals surface area (Å²) >= 11 is 0. The third kappa shape index (κ3) is 3.99. The number of nitro groups is 2. The first-order valence-corrected chi connectivity index (χ1v) is 8.89. The summed E-state index contributed by atoms with van der Waals surface area (Å²) in [6, 6.07) is 9.57. The predicted octanol–water partition coefficient (Wildman–Crippen LogP) is 4.74. The van der Waals surface area contributed by atoms with Gasteiger partial charge >= 0.3 is 0 Å². The molecule has 1 aromatic heterocycles. The molecule has 0 bridgehead atoms. The van der Waals surface area contributed by atoms with Crippen LogP contribution in [0.4, 0.5) is 17.1 Å². The molecular formula is C19H17N5O6. The van der Waals surface area contributed by atoms with E-state index in [1.54, 1.807) is 28.8 Å². The number of hydrogen-bond acceptors (Lipinski definition) is 7. The maximum absolute atomic E-state index is 12.4. The summed E-state index contributed by atoms with van der Waals surface area (Å²) in [6.45, 7) is 4.47. The van der Waals surface area contributed by atoms with Crippen LogP contribution in [0.15, 0.2) is 52.7 Å². The Morgan fingerprint density at radius 1 is 1.10 bits per heavy atom. The molecule has 0 aliphatic heterocycles. The lowest BCUT2D eigenvalue weighted by molar-refractivity contribution is -0.394. The molecule has 3 aromatic rings. The van der Waals surface area contributed by atoms with Crippen LogP contribution < -0.4 is 0 Å². The third-order valence-corrected chi connectivity index (χ3v) is 4.28. The molecule has 0 saturated heterocycles. The minimum Gasteiger partial charge on any atom is -0.493 e. The molecule has 30 heavy (non-hydrogen) atoms. The number of carbonyl (C=O) groups excluding carboxylic acids is 1. The molecule has 11 nitrogen and oxygen atoms in total. The van der Waals surface area contributed by atoms with Gasteiger partial charge in [-0.1, -0.05) is 32.0 Å². The number of carbonyl (C=O) groups is 1. The molecule has 1 amide bonds. The van der Waals surface area contributed by atoms with Gasteiger partial charge in [0.2, 0.25) is 5.88 Å². The highest BCUT2D eigenvalue weighted by Crippen LogP contribution is 2.39. The Morgan fingerprint density at radius 2 is 1.70 bits per heavy atom. The van der Waals surface area contributed by atoms with E-state index >= 15 is 0 Å². The molecule has 0 atom stereocenters. The van der Waals surface area contributed by atoms with Gasteiger partial charge in [0.1, 0.15) is 0 Å². The van der Waals surface area contributed by atoms with E-state index < -0.39 is 27.1 Å². The number of hydrogen-bond donors (Lipinski definition) is 1. The minimum absolute atomic E-state index is 0.0690. The molecule has 3 rings (SSSR count). The van der Waals surface area contributed by atoms with Gasteiger partial charge in [0.05, 0.1) is 27.0 Å². The Labute approximate surface area is 169 Å². The minimum atomic E-state index is -1.01. The lowest BCUT2D eigenvalue weighted by Crippen LogP contribution is -2.03. The number of aromatic nitrogens is 1. The molecule has 154 valence electrons. The van der Waals surface area contributed by atoms with Crippen LogP contribution in [-0.4, -0.2) is 25.4 Å². The Morgan fingerprint density at radius 3 is 2.27 bits per heavy atom. The van der Waals surface area contributed by atoms with Crippen molar-refractivity contribution in [2.75, 3.05) is 0 Å². The summed E-state index contributed by atoms with van der Waals surface area (Å²) in [7, 11) is 0. The monoisotopic (exact) mass is 411 g/mol. The van der Waals surface area contributed by atoms with Gasteiger partial charge in [-0.15, -0.1) is 10.2 Å². The largest absolute Gasteiger partial charge is 0.493 e. The second kappa shape index (κ2) is 8.07. The van der Waals surface area contributed by atoms with Crippen LogP contribution in [-0.2, 0) is 6.54 Å². The first-order chi connectivity index (χ1) is 14.2. The SMILES string of the molecule is CC(C)Cn1c(O)c(N=NC(=O)c2cc([N+](=O)[O-])cc([N+](=O)[O-])c2)c2ccccc21. The van der Waals surface area contributed by atoms with E-state index in [0.29, 0.717) is 17.4 Å². The number of non-ortho nitro benzene ring substituents is 2. The summed E-state index contributed by atoms with van der Waals surface area (Å²) < 4.78 is 1.65. The Kier molecular flexibility index (Phi) is 5.54. The van der Waals surface area contributed by atoms with Crippen molar-refractivity contribution in [2.24, 2.45) is 16.1 Å². The van der Waals surface area contributed by atoms with Crippen LogP contribution >= 0.6 is 0 Å². The van der Waals surface area contributed by atoms with Gasteiger partial charge in [-0.05, 0) is 12.0 Å². The topological polar surface area (TPSA) is 153 Å². The van der Waals surface area contributed by atoms with Crippen molar-refractivity contribution in [1.29, 1.82) is 0 Å². The van der Waals surface area contributed by atoms with Crippen molar-refractivity contribution in [2.45, 2.75) is 20.4 Å². The molecule has 0 aliphatic rings. The maximum atomic E-state index is 12.4. The number of amides is 1. The van der Waals surface area contributed by atoms with Gasteiger partial charge in [0.15, 0.2) is 5.69 Å². The standard InChI is InChI=1S/C19H17N5O6/c1-11(2)10-22-16-6-4-3-5-15(16)17(19(22)26)20-21-18(25)12-7-13(23(27)28)9-14(8-12)24(29)30/h3-9,11,26H,10H2,1-2H3. The van der Waals surface area contributed by atoms with E-state index in [4.69, 9.17) is 0 Å². The van der Waals surface area contributed by atoms with Gasteiger partial charge in [-0.2, -0.15) is 0 Å². The van der Waals surface area contributed by atoms with E-state index in [1.165, 1.54) is 0 Å². The highest BCUT2D eigenvalue weighted by molar-refractivity contribution is 5.98. The highest BCUT2D eigenvalue weighted by atomic mass is 16.6. The van der Waals surface area contributed by atoms with Gasteiger partial charge in [-0.25, -0.2) is 0 Å². The van der Waals surface area contributed by atoms with Crippen molar-refractivity contribution in [1.82, 2.24) is 4.57 Å². The number of aromatic hydroxyl groups is 1. The van der Waals surface area contributed by atoms with Crippen LogP contribution in [0.1, 0.15) is 24.2 Å². The summed E-state index contributed by atoms with van der Waals surface area (Å²) in [5.41, 5.74) is -0.807. The Bertz CT molecular complexity index is 1170. The second-order valence-corrected chi connectivity index (χ2v) is 6.95. The van der Waals surface area contributed by atoms with Crippen LogP contribution in [0, 0.1) is 26.1 Å². The first-order valence-electron chi connectivity index (χ1n) is 8.89. The quantitative estimate of drug-likeness (QED) is 0.351. The maximum Gasteiger partial charge on any atom is 0.295 e. The molecule has 0 fully saturated rings. The number of azo groups is 1. The normalized spacial score (nSPS) is 11.4. The zero-order valence-corrected chi connectivity index (χ0v) is 16.1. The summed E-state index contributed by atoms with van der Waals surface area (Å²) in [6.07, 6.45) is 0. The predicted molar refractivity (Wildman–Crippen MR) is 107 cm³/mol. The third-order valence-electron chi connectivity index (χ3n) is 4.28. The fourth-order valence-electron chi connectivity index (χ4n) is 3.00. The average Bonchev–Trinajstić information content (AvgIpc) is 2.96. The number of rotatable bonds is 6. The van der Waals surface area contributed by atoms with Crippen molar-refractivity contribution in [3.05, 3.63) is 68.3 Å². The molecule has 1 heterocycles. The van der Waals surface area contributed by atoms with Crippen molar-refractivity contribution >= 4 is 33.9 Å². The van der Waals surface area contributed by atoms with Crippen LogP contribution in [0.3, 0.4) is 0 Å². The van der Waals surface area contributed by atoms with Crippen molar-refractivity contribution in [3.63, 3.8) is 0 Å². The lowest BCUT2D eigenvalue weighted by atomic mass is 10.1. The summed E-state index contributed by atoms with van der Waals surface area (Å²) in [5, 5.41) is 40.5. The van der Waals surface area contributed by atoms with E-state index in [2.05, 4.69) is 10.2 Å². The summed E-state index contributed by atoms with van der Waals surface area (Å²) in [4.78, 5) is 32.7. The average molecular weight is 411 g/mol. The molecule has 0 spiro atoms. The van der Waals surface area contributed by atoms with Crippen LogP contribution in [0.25, 0.3) is 10.9 Å². The second-order valence-electron chi connectivity index (χ2n) is 6.95. The molecule has 0 unspecified atom stereocenters. The van der Waals surface area contributed by atoms with E-state index in [0.717, 1.165) is 18.2 Å². The van der Waals surface area contributed by atoms with Gasteiger partial charge in [-0.3, -0.25) is 25.0 Å². The summed E-state index contributed by atoms with van der Waals surface area (Å²) in [5.74, 6) is -0.961. The molecule has 0 saturated carbocycles. The van der Waals surface area contributed by atoms with E-state index in [1.807, 2.05) is 13.8 Å². The van der Waals surface area contributed by atoms with E-state index in [9.17, 15) is 30.1 Å². The van der Waals surface area contributed by atoms with Crippen LogP contribution in [0.5, 0.6) is 5.88 Å². The highest BCUT2D eigenvalue weighted by Gasteiger charge is 2.21. The Hall–Kier alpha value is -4.15. The van der Waals surface area contributed by atoms with Gasteiger partial charge in [0, 0.05) is 24.1 Å². The molecule has 0 radical (unpaired) electrons. The fourth-order valence-corrected chi connectivity index (χ4v) is 3.00. The zero-order chi connectivity index (χ0) is 22.0. The van der Waals surface area contributed by atoms with Crippen molar-refractivity contribution < 1.29 is 19.7 Å². The number of nitrogens with zero attached hydrogens (tertiary/aromatic N) is 5. The number of fused-ring (bicyclic) bond motifs is 1. The zero-order valence-electron chi connectivity index (χ0n) is 16.1. The van der Waals surface area contributed by atoms with Crippen molar-refractivity contribution in [3.8, 4) is 5.88 Å².